The van der Waals surface area contributed by atoms with E-state index >= 15 is 0 Å². The molecule has 1 unspecified atom stereocenters. The van der Waals surface area contributed by atoms with Crippen molar-refractivity contribution in [3.63, 3.8) is 0 Å². The van der Waals surface area contributed by atoms with Crippen molar-refractivity contribution in [3.8, 4) is 0 Å². The summed E-state index contributed by atoms with van der Waals surface area (Å²) in [5, 5.41) is 3.26. The minimum absolute atomic E-state index is 0. The van der Waals surface area contributed by atoms with E-state index in [-0.39, 0.29) is 12.4 Å². The number of hydrogen-bond donors (Lipinski definition) is 2. The van der Waals surface area contributed by atoms with E-state index in [1.54, 1.807) is 0 Å². The minimum Gasteiger partial charge on any atom is -0.376 e. The second kappa shape index (κ2) is 6.28. The Morgan fingerprint density at radius 3 is 2.90 bits per heavy atom. The Bertz CT molecular complexity index is 75.4. The van der Waals surface area contributed by atoms with Crippen LogP contribution >= 0.6 is 25.0 Å². The molecule has 2 nitrogen and oxygen atoms in total. The standard InChI is InChI=1S/C6H13NOS.ClH/c9-4-1-6-5-7-2-3-8-6;/h6-7,9H,1-5H2;1H. The summed E-state index contributed by atoms with van der Waals surface area (Å²) in [5.41, 5.74) is 0. The molecule has 62 valence electrons. The highest BCUT2D eigenvalue weighted by atomic mass is 35.5. The molecule has 1 aliphatic rings. The lowest BCUT2D eigenvalue weighted by Gasteiger charge is -2.22. The van der Waals surface area contributed by atoms with Gasteiger partial charge in [0.2, 0.25) is 0 Å². The molecule has 10 heavy (non-hydrogen) atoms. The van der Waals surface area contributed by atoms with Crippen LogP contribution in [0.2, 0.25) is 0 Å². The quantitative estimate of drug-likeness (QED) is 0.616. The SMILES string of the molecule is Cl.SCCC1CNCCO1. The van der Waals surface area contributed by atoms with Gasteiger partial charge < -0.3 is 10.1 Å². The number of morpholine rings is 1. The lowest BCUT2D eigenvalue weighted by atomic mass is 10.2. The molecule has 4 heteroatoms. The second-order valence-electron chi connectivity index (χ2n) is 2.21. The lowest BCUT2D eigenvalue weighted by Crippen LogP contribution is -2.38. The second-order valence-corrected chi connectivity index (χ2v) is 2.66. The summed E-state index contributed by atoms with van der Waals surface area (Å²) in [6, 6.07) is 0. The molecule has 1 N–H and O–H groups in total. The van der Waals surface area contributed by atoms with E-state index in [2.05, 4.69) is 17.9 Å². The Hall–Kier alpha value is 0.560. The predicted molar refractivity (Wildman–Crippen MR) is 48.3 cm³/mol. The third-order valence-electron chi connectivity index (χ3n) is 1.46. The summed E-state index contributed by atoms with van der Waals surface area (Å²) < 4.78 is 5.41. The first-order chi connectivity index (χ1) is 4.43. The van der Waals surface area contributed by atoms with Crippen LogP contribution in [0.15, 0.2) is 0 Å². The van der Waals surface area contributed by atoms with Gasteiger partial charge in [0, 0.05) is 13.1 Å². The molecule has 0 radical (unpaired) electrons. The van der Waals surface area contributed by atoms with Crippen LogP contribution in [0.25, 0.3) is 0 Å². The highest BCUT2D eigenvalue weighted by Gasteiger charge is 2.10. The molecule has 0 aliphatic carbocycles. The van der Waals surface area contributed by atoms with Gasteiger partial charge in [0.25, 0.3) is 0 Å². The maximum Gasteiger partial charge on any atom is 0.0707 e. The molecule has 0 aromatic carbocycles. The number of rotatable bonds is 2. The lowest BCUT2D eigenvalue weighted by molar-refractivity contribution is 0.0274. The van der Waals surface area contributed by atoms with Crippen molar-refractivity contribution < 1.29 is 4.74 Å². The zero-order valence-electron chi connectivity index (χ0n) is 5.88. The van der Waals surface area contributed by atoms with E-state index < -0.39 is 0 Å². The van der Waals surface area contributed by atoms with Crippen molar-refractivity contribution in [3.05, 3.63) is 0 Å². The van der Waals surface area contributed by atoms with Gasteiger partial charge in [-0.1, -0.05) is 0 Å². The first kappa shape index (κ1) is 10.6. The van der Waals surface area contributed by atoms with Crippen molar-refractivity contribution >= 4 is 25.0 Å². The number of ether oxygens (including phenoxy) is 1. The average molecular weight is 184 g/mol. The average Bonchev–Trinajstić information content (AvgIpc) is 1.91. The van der Waals surface area contributed by atoms with Gasteiger partial charge in [0.1, 0.15) is 0 Å². The van der Waals surface area contributed by atoms with Crippen molar-refractivity contribution in [2.24, 2.45) is 0 Å². The molecule has 0 amide bonds. The molecule has 0 saturated carbocycles. The molecule has 1 saturated heterocycles. The van der Waals surface area contributed by atoms with Crippen LogP contribution in [0.1, 0.15) is 6.42 Å². The Balaban J connectivity index is 0.000000810. The van der Waals surface area contributed by atoms with Gasteiger partial charge in [-0.15, -0.1) is 12.4 Å². The van der Waals surface area contributed by atoms with Crippen LogP contribution in [0, 0.1) is 0 Å². The molecule has 1 fully saturated rings. The number of thiol groups is 1. The van der Waals surface area contributed by atoms with E-state index in [1.807, 2.05) is 0 Å². The Morgan fingerprint density at radius 2 is 2.40 bits per heavy atom. The molecule has 0 spiro atoms. The van der Waals surface area contributed by atoms with Crippen LogP contribution in [0.4, 0.5) is 0 Å². The smallest absolute Gasteiger partial charge is 0.0707 e. The largest absolute Gasteiger partial charge is 0.376 e. The molecule has 0 aromatic heterocycles. The Kier molecular flexibility index (Phi) is 6.63. The summed E-state index contributed by atoms with van der Waals surface area (Å²) >= 11 is 4.12. The summed E-state index contributed by atoms with van der Waals surface area (Å²) in [6.45, 7) is 2.86. The minimum atomic E-state index is 0. The van der Waals surface area contributed by atoms with Crippen LogP contribution in [-0.4, -0.2) is 31.6 Å². The monoisotopic (exact) mass is 183 g/mol. The van der Waals surface area contributed by atoms with E-state index in [4.69, 9.17) is 4.74 Å². The summed E-state index contributed by atoms with van der Waals surface area (Å²) in [7, 11) is 0. The van der Waals surface area contributed by atoms with Crippen LogP contribution in [0.3, 0.4) is 0 Å². The molecule has 0 bridgehead atoms. The molecule has 1 heterocycles. The fourth-order valence-electron chi connectivity index (χ4n) is 0.949. The maximum atomic E-state index is 5.41. The van der Waals surface area contributed by atoms with Crippen molar-refractivity contribution in [2.45, 2.75) is 12.5 Å². The zero-order chi connectivity index (χ0) is 6.53. The number of hydrogen-bond acceptors (Lipinski definition) is 3. The van der Waals surface area contributed by atoms with Gasteiger partial charge in [0.15, 0.2) is 0 Å². The summed E-state index contributed by atoms with van der Waals surface area (Å²) in [5.74, 6) is 0.923. The van der Waals surface area contributed by atoms with Gasteiger partial charge in [-0.3, -0.25) is 0 Å². The van der Waals surface area contributed by atoms with E-state index in [1.165, 1.54) is 0 Å². The predicted octanol–water partition coefficient (Wildman–Crippen LogP) is 0.716. The van der Waals surface area contributed by atoms with Crippen molar-refractivity contribution in [2.75, 3.05) is 25.4 Å². The van der Waals surface area contributed by atoms with Crippen molar-refractivity contribution in [1.29, 1.82) is 0 Å². The third kappa shape index (κ3) is 3.66. The fraction of sp³-hybridized carbons (Fsp3) is 1.00. The first-order valence-electron chi connectivity index (χ1n) is 3.36. The third-order valence-corrected chi connectivity index (χ3v) is 1.71. The Labute approximate surface area is 73.5 Å². The molecule has 0 aromatic rings. The van der Waals surface area contributed by atoms with Gasteiger partial charge in [0.05, 0.1) is 12.7 Å². The zero-order valence-corrected chi connectivity index (χ0v) is 7.59. The van der Waals surface area contributed by atoms with Crippen LogP contribution in [-0.2, 0) is 4.74 Å². The van der Waals surface area contributed by atoms with E-state index in [0.717, 1.165) is 31.9 Å². The van der Waals surface area contributed by atoms with Crippen LogP contribution in [0.5, 0.6) is 0 Å². The first-order valence-corrected chi connectivity index (χ1v) is 4.00. The van der Waals surface area contributed by atoms with Gasteiger partial charge >= 0.3 is 0 Å². The molecule has 1 rings (SSSR count). The summed E-state index contributed by atoms with van der Waals surface area (Å²) in [6.07, 6.45) is 1.48. The molecular weight excluding hydrogens is 170 g/mol. The van der Waals surface area contributed by atoms with Gasteiger partial charge in [-0.05, 0) is 12.2 Å². The Morgan fingerprint density at radius 1 is 1.60 bits per heavy atom. The summed E-state index contributed by atoms with van der Waals surface area (Å²) in [4.78, 5) is 0. The van der Waals surface area contributed by atoms with E-state index in [9.17, 15) is 0 Å². The maximum absolute atomic E-state index is 5.41. The topological polar surface area (TPSA) is 21.3 Å². The number of halogens is 1. The van der Waals surface area contributed by atoms with Crippen molar-refractivity contribution in [1.82, 2.24) is 5.32 Å². The fourth-order valence-corrected chi connectivity index (χ4v) is 1.24. The highest BCUT2D eigenvalue weighted by Crippen LogP contribution is 2.01. The van der Waals surface area contributed by atoms with E-state index in [0.29, 0.717) is 6.10 Å². The molecule has 1 aliphatic heterocycles. The van der Waals surface area contributed by atoms with Gasteiger partial charge in [-0.2, -0.15) is 12.6 Å². The highest BCUT2D eigenvalue weighted by molar-refractivity contribution is 7.80. The molecular formula is C6H14ClNOS. The normalized spacial score (nSPS) is 25.5. The van der Waals surface area contributed by atoms with Crippen LogP contribution < -0.4 is 5.32 Å². The number of nitrogens with one attached hydrogen (secondary N) is 1. The van der Waals surface area contributed by atoms with Gasteiger partial charge in [-0.25, -0.2) is 0 Å². The molecule has 1 atom stereocenters.